The molecule has 0 saturated heterocycles. The molecule has 0 atom stereocenters. The van der Waals surface area contributed by atoms with Gasteiger partial charge in [0.2, 0.25) is 0 Å². The van der Waals surface area contributed by atoms with E-state index in [0.717, 1.165) is 12.8 Å². The van der Waals surface area contributed by atoms with Crippen molar-refractivity contribution in [3.8, 4) is 0 Å². The second kappa shape index (κ2) is 3.12. The van der Waals surface area contributed by atoms with Crippen molar-refractivity contribution in [2.75, 3.05) is 0 Å². The topological polar surface area (TPSA) is 12.4 Å². The summed E-state index contributed by atoms with van der Waals surface area (Å²) in [6, 6.07) is 0. The first-order valence-corrected chi connectivity index (χ1v) is 9.80. The SMILES string of the molecule is CCC1=C2C3=C(C(C4=CC=CC4)=CC3=N1)[Si]2(C)C. The van der Waals surface area contributed by atoms with E-state index in [1.807, 2.05) is 0 Å². The van der Waals surface area contributed by atoms with Gasteiger partial charge in [0, 0.05) is 11.3 Å². The molecule has 0 amide bonds. The Hall–Kier alpha value is -1.41. The summed E-state index contributed by atoms with van der Waals surface area (Å²) in [5, 5.41) is 3.32. The van der Waals surface area contributed by atoms with Crippen molar-refractivity contribution in [3.63, 3.8) is 0 Å². The van der Waals surface area contributed by atoms with Gasteiger partial charge in [-0.2, -0.15) is 0 Å². The smallest absolute Gasteiger partial charge is 0.117 e. The lowest BCUT2D eigenvalue weighted by Crippen LogP contribution is -2.43. The highest BCUT2D eigenvalue weighted by molar-refractivity contribution is 6.98. The van der Waals surface area contributed by atoms with Crippen LogP contribution in [-0.4, -0.2) is 13.8 Å². The third-order valence-corrected chi connectivity index (χ3v) is 8.11. The first-order valence-electron chi connectivity index (χ1n) is 6.80. The van der Waals surface area contributed by atoms with E-state index >= 15 is 0 Å². The third-order valence-electron chi connectivity index (χ3n) is 4.55. The summed E-state index contributed by atoms with van der Waals surface area (Å²) in [5.41, 5.74) is 7.14. The van der Waals surface area contributed by atoms with Crippen molar-refractivity contribution in [1.82, 2.24) is 0 Å². The van der Waals surface area contributed by atoms with Crippen LogP contribution in [0.3, 0.4) is 0 Å². The number of hydrogen-bond donors (Lipinski definition) is 0. The van der Waals surface area contributed by atoms with Crippen molar-refractivity contribution < 1.29 is 0 Å². The molecule has 0 saturated carbocycles. The molecule has 4 aliphatic rings. The largest absolute Gasteiger partial charge is 0.253 e. The van der Waals surface area contributed by atoms with Gasteiger partial charge in [0.25, 0.3) is 0 Å². The molecule has 0 unspecified atom stereocenters. The summed E-state index contributed by atoms with van der Waals surface area (Å²) in [5.74, 6) is 0. The highest BCUT2D eigenvalue weighted by Gasteiger charge is 2.53. The van der Waals surface area contributed by atoms with Gasteiger partial charge in [0.1, 0.15) is 8.07 Å². The van der Waals surface area contributed by atoms with E-state index in [4.69, 9.17) is 4.99 Å². The predicted octanol–water partition coefficient (Wildman–Crippen LogP) is 4.03. The van der Waals surface area contributed by atoms with Crippen LogP contribution in [0.5, 0.6) is 0 Å². The summed E-state index contributed by atoms with van der Waals surface area (Å²) < 4.78 is 0. The summed E-state index contributed by atoms with van der Waals surface area (Å²) in [7, 11) is -1.38. The maximum atomic E-state index is 4.86. The molecule has 0 spiro atoms. The molecule has 4 rings (SSSR count). The average Bonchev–Trinajstić information content (AvgIpc) is 2.99. The van der Waals surface area contributed by atoms with E-state index in [2.05, 4.69) is 44.3 Å². The first kappa shape index (κ1) is 10.5. The van der Waals surface area contributed by atoms with Gasteiger partial charge in [-0.15, -0.1) is 0 Å². The predicted molar refractivity (Wildman–Crippen MR) is 79.2 cm³/mol. The van der Waals surface area contributed by atoms with Crippen LogP contribution in [0.15, 0.2) is 62.1 Å². The normalized spacial score (nSPS) is 26.3. The molecule has 0 aromatic heterocycles. The molecule has 2 aliphatic heterocycles. The molecule has 2 heteroatoms. The Morgan fingerprint density at radius 1 is 1.28 bits per heavy atom. The van der Waals surface area contributed by atoms with Gasteiger partial charge < -0.3 is 0 Å². The molecule has 1 nitrogen and oxygen atoms in total. The molecule has 2 aliphatic carbocycles. The van der Waals surface area contributed by atoms with Gasteiger partial charge >= 0.3 is 0 Å². The summed E-state index contributed by atoms with van der Waals surface area (Å²) >= 11 is 0. The molecular formula is C16H17NSi. The monoisotopic (exact) mass is 251 g/mol. The average molecular weight is 251 g/mol. The number of nitrogens with zero attached hydrogens (tertiary/aromatic N) is 1. The van der Waals surface area contributed by atoms with Crippen LogP contribution in [0.1, 0.15) is 19.8 Å². The van der Waals surface area contributed by atoms with E-state index in [1.54, 1.807) is 10.4 Å². The van der Waals surface area contributed by atoms with Crippen LogP contribution >= 0.6 is 0 Å². The maximum absolute atomic E-state index is 4.86. The number of hydrogen-bond acceptors (Lipinski definition) is 1. The lowest BCUT2D eigenvalue weighted by molar-refractivity contribution is 1.06. The van der Waals surface area contributed by atoms with Crippen LogP contribution in [0.2, 0.25) is 13.1 Å². The highest BCUT2D eigenvalue weighted by Crippen LogP contribution is 2.56. The van der Waals surface area contributed by atoms with Crippen molar-refractivity contribution in [2.24, 2.45) is 4.99 Å². The fourth-order valence-electron chi connectivity index (χ4n) is 3.77. The zero-order chi connectivity index (χ0) is 12.5. The quantitative estimate of drug-likeness (QED) is 0.657. The minimum Gasteiger partial charge on any atom is -0.253 e. The Labute approximate surface area is 109 Å². The molecule has 0 aromatic rings. The Morgan fingerprint density at radius 3 is 2.78 bits per heavy atom. The lowest BCUT2D eigenvalue weighted by Gasteiger charge is -2.39. The highest BCUT2D eigenvalue weighted by atomic mass is 28.3. The van der Waals surface area contributed by atoms with Crippen LogP contribution in [0.4, 0.5) is 0 Å². The van der Waals surface area contributed by atoms with Crippen LogP contribution < -0.4 is 0 Å². The standard InChI is InChI=1S/C16H17NSi/c1-4-12-16-14-13(17-12)9-11(10-7-5-6-8-10)15(14)18(16,2)3/h5-7,9H,4,8H2,1-3H3. The molecule has 0 radical (unpaired) electrons. The molecule has 0 bridgehead atoms. The number of rotatable bonds is 2. The van der Waals surface area contributed by atoms with Gasteiger partial charge in [-0.25, -0.2) is 0 Å². The van der Waals surface area contributed by atoms with E-state index in [-0.39, 0.29) is 0 Å². The van der Waals surface area contributed by atoms with Crippen molar-refractivity contribution in [3.05, 3.63) is 57.1 Å². The second-order valence-corrected chi connectivity index (χ2v) is 10.2. The molecule has 90 valence electrons. The maximum Gasteiger partial charge on any atom is 0.117 e. The van der Waals surface area contributed by atoms with E-state index in [1.165, 1.54) is 28.1 Å². The zero-order valence-corrected chi connectivity index (χ0v) is 12.2. The van der Waals surface area contributed by atoms with Gasteiger partial charge in [0.05, 0.1) is 5.71 Å². The fourth-order valence-corrected chi connectivity index (χ4v) is 7.45. The van der Waals surface area contributed by atoms with Gasteiger partial charge in [-0.1, -0.05) is 38.2 Å². The first-order chi connectivity index (χ1) is 8.64. The van der Waals surface area contributed by atoms with Gasteiger partial charge in [0.15, 0.2) is 0 Å². The zero-order valence-electron chi connectivity index (χ0n) is 11.2. The Balaban J connectivity index is 1.88. The number of allylic oxidation sites excluding steroid dienone is 10. The third kappa shape index (κ3) is 1.01. The summed E-state index contributed by atoms with van der Waals surface area (Å²) in [4.78, 5) is 4.86. The van der Waals surface area contributed by atoms with E-state index in [9.17, 15) is 0 Å². The molecular weight excluding hydrogens is 234 g/mol. The van der Waals surface area contributed by atoms with Crippen molar-refractivity contribution in [2.45, 2.75) is 32.9 Å². The lowest BCUT2D eigenvalue weighted by atomic mass is 10.1. The van der Waals surface area contributed by atoms with Crippen LogP contribution in [-0.2, 0) is 0 Å². The molecule has 0 fully saturated rings. The van der Waals surface area contributed by atoms with Crippen molar-refractivity contribution >= 4 is 13.8 Å². The molecule has 0 N–H and O–H groups in total. The summed E-state index contributed by atoms with van der Waals surface area (Å²) in [6.45, 7) is 7.19. The van der Waals surface area contributed by atoms with E-state index < -0.39 is 8.07 Å². The van der Waals surface area contributed by atoms with Gasteiger partial charge in [-0.3, -0.25) is 4.99 Å². The second-order valence-electron chi connectivity index (χ2n) is 5.93. The van der Waals surface area contributed by atoms with Crippen LogP contribution in [0.25, 0.3) is 0 Å². The molecule has 18 heavy (non-hydrogen) atoms. The Bertz CT molecular complexity index is 663. The molecule has 2 heterocycles. The van der Waals surface area contributed by atoms with E-state index in [0.29, 0.717) is 0 Å². The minimum atomic E-state index is -1.38. The van der Waals surface area contributed by atoms with Crippen LogP contribution in [0, 0.1) is 0 Å². The van der Waals surface area contributed by atoms with Gasteiger partial charge in [-0.05, 0) is 40.5 Å². The summed E-state index contributed by atoms with van der Waals surface area (Å²) in [6.07, 6.45) is 11.2. The Kier molecular flexibility index (Phi) is 1.82. The fraction of sp³-hybridized carbons (Fsp3) is 0.312. The molecule has 0 aromatic carbocycles. The Morgan fingerprint density at radius 2 is 2.11 bits per heavy atom. The van der Waals surface area contributed by atoms with Crippen molar-refractivity contribution in [1.29, 1.82) is 0 Å². The number of aliphatic imine (C=N–C) groups is 1. The minimum absolute atomic E-state index is 1.08.